The largest absolute Gasteiger partial charge is 0.491 e. The second kappa shape index (κ2) is 8.12. The predicted molar refractivity (Wildman–Crippen MR) is 74.8 cm³/mol. The van der Waals surface area contributed by atoms with Gasteiger partial charge in [0.05, 0.1) is 0 Å². The van der Waals surface area contributed by atoms with E-state index in [-0.39, 0.29) is 12.4 Å². The molecule has 0 radical (unpaired) electrons. The Balaban J connectivity index is 2.24. The summed E-state index contributed by atoms with van der Waals surface area (Å²) in [4.78, 5) is 0. The van der Waals surface area contributed by atoms with E-state index in [0.717, 1.165) is 6.42 Å². The molecule has 3 nitrogen and oxygen atoms in total. The van der Waals surface area contributed by atoms with Crippen LogP contribution < -0.4 is 10.1 Å². The molecule has 0 saturated carbocycles. The van der Waals surface area contributed by atoms with Gasteiger partial charge in [-0.1, -0.05) is 20.3 Å². The second-order valence-electron chi connectivity index (χ2n) is 5.00. The van der Waals surface area contributed by atoms with Gasteiger partial charge in [-0.25, -0.2) is 4.39 Å². The van der Waals surface area contributed by atoms with Crippen LogP contribution in [-0.4, -0.2) is 30.4 Å². The quantitative estimate of drug-likeness (QED) is 0.762. The van der Waals surface area contributed by atoms with E-state index in [1.807, 2.05) is 0 Å². The first kappa shape index (κ1) is 15.9. The minimum Gasteiger partial charge on any atom is -0.491 e. The molecule has 0 aliphatic heterocycles. The summed E-state index contributed by atoms with van der Waals surface area (Å²) >= 11 is 0. The van der Waals surface area contributed by atoms with Crippen LogP contribution >= 0.6 is 0 Å². The Morgan fingerprint density at radius 1 is 1.26 bits per heavy atom. The van der Waals surface area contributed by atoms with Gasteiger partial charge >= 0.3 is 0 Å². The van der Waals surface area contributed by atoms with Crippen molar-refractivity contribution in [2.75, 3.05) is 13.2 Å². The van der Waals surface area contributed by atoms with Gasteiger partial charge in [-0.15, -0.1) is 0 Å². The van der Waals surface area contributed by atoms with Gasteiger partial charge in [0.25, 0.3) is 0 Å². The Morgan fingerprint density at radius 3 is 2.47 bits per heavy atom. The number of hydrogen-bond acceptors (Lipinski definition) is 3. The molecule has 0 fully saturated rings. The molecule has 1 aromatic carbocycles. The van der Waals surface area contributed by atoms with Gasteiger partial charge in [0, 0.05) is 12.6 Å². The standard InChI is InChI=1S/C15H24FNO2/c1-4-11(2)12(3)17-9-14(18)10-19-15-7-5-13(16)6-8-15/h5-8,11-12,14,17-18H,4,9-10H2,1-3H3. The molecule has 1 aromatic rings. The fourth-order valence-corrected chi connectivity index (χ4v) is 1.66. The van der Waals surface area contributed by atoms with Crippen molar-refractivity contribution < 1.29 is 14.2 Å². The molecule has 0 spiro atoms. The maximum atomic E-state index is 12.7. The number of aliphatic hydroxyl groups is 1. The number of nitrogens with one attached hydrogen (secondary N) is 1. The summed E-state index contributed by atoms with van der Waals surface area (Å²) in [6.45, 7) is 7.14. The maximum Gasteiger partial charge on any atom is 0.123 e. The van der Waals surface area contributed by atoms with Crippen molar-refractivity contribution in [1.82, 2.24) is 5.32 Å². The van der Waals surface area contributed by atoms with Crippen LogP contribution in [0.3, 0.4) is 0 Å². The summed E-state index contributed by atoms with van der Waals surface area (Å²) in [5.74, 6) is 0.845. The lowest BCUT2D eigenvalue weighted by Gasteiger charge is -2.22. The van der Waals surface area contributed by atoms with Crippen LogP contribution in [0, 0.1) is 11.7 Å². The van der Waals surface area contributed by atoms with Crippen molar-refractivity contribution >= 4 is 0 Å². The van der Waals surface area contributed by atoms with Gasteiger partial charge < -0.3 is 15.2 Å². The van der Waals surface area contributed by atoms with Crippen molar-refractivity contribution in [3.05, 3.63) is 30.1 Å². The highest BCUT2D eigenvalue weighted by Crippen LogP contribution is 2.11. The average Bonchev–Trinajstić information content (AvgIpc) is 2.43. The van der Waals surface area contributed by atoms with E-state index in [2.05, 4.69) is 26.1 Å². The molecule has 0 aliphatic carbocycles. The number of benzene rings is 1. The van der Waals surface area contributed by atoms with Gasteiger partial charge in [0.2, 0.25) is 0 Å². The summed E-state index contributed by atoms with van der Waals surface area (Å²) in [6.07, 6.45) is 0.535. The van der Waals surface area contributed by atoms with E-state index in [1.165, 1.54) is 12.1 Å². The smallest absolute Gasteiger partial charge is 0.123 e. The first-order valence-electron chi connectivity index (χ1n) is 6.82. The first-order chi connectivity index (χ1) is 9.02. The molecule has 0 aromatic heterocycles. The number of halogens is 1. The fourth-order valence-electron chi connectivity index (χ4n) is 1.66. The number of aliphatic hydroxyl groups excluding tert-OH is 1. The number of ether oxygens (including phenoxy) is 1. The van der Waals surface area contributed by atoms with Crippen LogP contribution in [0.5, 0.6) is 5.75 Å². The van der Waals surface area contributed by atoms with Crippen LogP contribution in [0.15, 0.2) is 24.3 Å². The Hall–Kier alpha value is -1.13. The topological polar surface area (TPSA) is 41.5 Å². The molecule has 0 heterocycles. The zero-order valence-corrected chi connectivity index (χ0v) is 11.9. The van der Waals surface area contributed by atoms with E-state index >= 15 is 0 Å². The lowest BCUT2D eigenvalue weighted by atomic mass is 10.0. The van der Waals surface area contributed by atoms with Gasteiger partial charge in [0.1, 0.15) is 24.3 Å². The summed E-state index contributed by atoms with van der Waals surface area (Å²) in [5, 5.41) is 13.1. The zero-order valence-electron chi connectivity index (χ0n) is 11.9. The Kier molecular flexibility index (Phi) is 6.81. The summed E-state index contributed by atoms with van der Waals surface area (Å²) in [5.41, 5.74) is 0. The van der Waals surface area contributed by atoms with Crippen LogP contribution in [0.1, 0.15) is 27.2 Å². The fraction of sp³-hybridized carbons (Fsp3) is 0.600. The van der Waals surface area contributed by atoms with E-state index < -0.39 is 6.10 Å². The third-order valence-electron chi connectivity index (χ3n) is 3.43. The zero-order chi connectivity index (χ0) is 14.3. The molecular formula is C15H24FNO2. The molecular weight excluding hydrogens is 245 g/mol. The maximum absolute atomic E-state index is 12.7. The normalized spacial score (nSPS) is 15.8. The highest BCUT2D eigenvalue weighted by Gasteiger charge is 2.12. The predicted octanol–water partition coefficient (Wildman–Crippen LogP) is 2.59. The van der Waals surface area contributed by atoms with Crippen LogP contribution in [0.2, 0.25) is 0 Å². The first-order valence-corrected chi connectivity index (χ1v) is 6.82. The minimum absolute atomic E-state index is 0.200. The van der Waals surface area contributed by atoms with Crippen LogP contribution in [0.25, 0.3) is 0 Å². The van der Waals surface area contributed by atoms with Gasteiger partial charge in [-0.05, 0) is 37.1 Å². The summed E-state index contributed by atoms with van der Waals surface area (Å²) < 4.78 is 18.1. The molecule has 19 heavy (non-hydrogen) atoms. The van der Waals surface area contributed by atoms with Crippen molar-refractivity contribution in [1.29, 1.82) is 0 Å². The average molecular weight is 269 g/mol. The van der Waals surface area contributed by atoms with Gasteiger partial charge in [-0.2, -0.15) is 0 Å². The Bertz CT molecular complexity index is 356. The third kappa shape index (κ3) is 6.03. The lowest BCUT2D eigenvalue weighted by Crippen LogP contribution is -2.39. The van der Waals surface area contributed by atoms with E-state index in [1.54, 1.807) is 12.1 Å². The Morgan fingerprint density at radius 2 is 1.89 bits per heavy atom. The van der Waals surface area contributed by atoms with E-state index in [4.69, 9.17) is 4.74 Å². The lowest BCUT2D eigenvalue weighted by molar-refractivity contribution is 0.102. The molecule has 1 rings (SSSR count). The molecule has 0 aliphatic rings. The third-order valence-corrected chi connectivity index (χ3v) is 3.43. The summed E-state index contributed by atoms with van der Waals surface area (Å²) in [7, 11) is 0. The second-order valence-corrected chi connectivity index (χ2v) is 5.00. The number of hydrogen-bond donors (Lipinski definition) is 2. The van der Waals surface area contributed by atoms with Crippen molar-refractivity contribution in [3.63, 3.8) is 0 Å². The molecule has 0 bridgehead atoms. The number of rotatable bonds is 8. The molecule has 4 heteroatoms. The van der Waals surface area contributed by atoms with Crippen LogP contribution in [-0.2, 0) is 0 Å². The molecule has 108 valence electrons. The molecule has 3 unspecified atom stereocenters. The molecule has 0 saturated heterocycles. The van der Waals surface area contributed by atoms with E-state index in [9.17, 15) is 9.50 Å². The van der Waals surface area contributed by atoms with Gasteiger partial charge in [0.15, 0.2) is 0 Å². The van der Waals surface area contributed by atoms with Crippen molar-refractivity contribution in [2.24, 2.45) is 5.92 Å². The van der Waals surface area contributed by atoms with Crippen molar-refractivity contribution in [2.45, 2.75) is 39.3 Å². The molecule has 2 N–H and O–H groups in total. The van der Waals surface area contributed by atoms with E-state index in [0.29, 0.717) is 24.3 Å². The minimum atomic E-state index is -0.573. The molecule has 3 atom stereocenters. The van der Waals surface area contributed by atoms with Crippen LogP contribution in [0.4, 0.5) is 4.39 Å². The molecule has 0 amide bonds. The SMILES string of the molecule is CCC(C)C(C)NCC(O)COc1ccc(F)cc1. The van der Waals surface area contributed by atoms with Gasteiger partial charge in [-0.3, -0.25) is 0 Å². The Labute approximate surface area is 114 Å². The highest BCUT2D eigenvalue weighted by atomic mass is 19.1. The monoisotopic (exact) mass is 269 g/mol. The van der Waals surface area contributed by atoms with Crippen molar-refractivity contribution in [3.8, 4) is 5.75 Å². The highest BCUT2D eigenvalue weighted by molar-refractivity contribution is 5.22. The summed E-state index contributed by atoms with van der Waals surface area (Å²) in [6, 6.07) is 6.15.